The summed E-state index contributed by atoms with van der Waals surface area (Å²) in [4.78, 5) is 2.17. The molecular formula is C11H26N2O2S. The van der Waals surface area contributed by atoms with Crippen molar-refractivity contribution in [3.05, 3.63) is 0 Å². The normalized spacial score (nSPS) is 16.4. The molecule has 0 saturated carbocycles. The maximum Gasteiger partial charge on any atom is 0.151 e. The summed E-state index contributed by atoms with van der Waals surface area (Å²) in [5.74, 6) is 0.447. The second kappa shape index (κ2) is 6.57. The lowest BCUT2D eigenvalue weighted by atomic mass is 9.96. The predicted octanol–water partition coefficient (Wildman–Crippen LogP) is 0.870. The highest BCUT2D eigenvalue weighted by atomic mass is 32.2. The molecule has 5 heteroatoms. The maximum atomic E-state index is 11.5. The molecule has 1 atom stereocenters. The van der Waals surface area contributed by atoms with Crippen LogP contribution in [-0.4, -0.2) is 50.0 Å². The van der Waals surface area contributed by atoms with E-state index in [-0.39, 0.29) is 17.0 Å². The molecule has 2 N–H and O–H groups in total. The molecule has 0 heterocycles. The molecule has 0 saturated heterocycles. The summed E-state index contributed by atoms with van der Waals surface area (Å²) in [5, 5.41) is 0. The molecule has 0 amide bonds. The van der Waals surface area contributed by atoms with Crippen LogP contribution in [0.4, 0.5) is 0 Å². The van der Waals surface area contributed by atoms with Gasteiger partial charge in [-0.25, -0.2) is 8.42 Å². The Kier molecular flexibility index (Phi) is 6.51. The zero-order valence-electron chi connectivity index (χ0n) is 11.0. The lowest BCUT2D eigenvalue weighted by molar-refractivity contribution is 0.121. The van der Waals surface area contributed by atoms with Crippen molar-refractivity contribution in [2.75, 3.05) is 31.1 Å². The van der Waals surface area contributed by atoms with E-state index >= 15 is 0 Å². The van der Waals surface area contributed by atoms with Gasteiger partial charge in [0.2, 0.25) is 0 Å². The molecule has 0 aliphatic carbocycles. The Morgan fingerprint density at radius 3 is 2.12 bits per heavy atom. The first-order valence-electron chi connectivity index (χ1n) is 6.00. The van der Waals surface area contributed by atoms with Gasteiger partial charge in [0.25, 0.3) is 0 Å². The average molecular weight is 250 g/mol. The molecule has 0 rings (SSSR count). The third kappa shape index (κ3) is 4.39. The Morgan fingerprint density at radius 2 is 1.81 bits per heavy atom. The van der Waals surface area contributed by atoms with Gasteiger partial charge in [0, 0.05) is 24.4 Å². The summed E-state index contributed by atoms with van der Waals surface area (Å²) in [7, 11) is -2.88. The number of hydrogen-bond acceptors (Lipinski definition) is 4. The number of nitrogens with two attached hydrogens (primary N) is 1. The van der Waals surface area contributed by atoms with Crippen LogP contribution in [0.2, 0.25) is 0 Å². The molecule has 0 aromatic rings. The fourth-order valence-electron chi connectivity index (χ4n) is 1.70. The standard InChI is InChI=1S/C11H26N2O2S/c1-5-11(4,10-12)13(6-2)8-9-16(14,15)7-3/h5-10,12H2,1-4H3. The zero-order chi connectivity index (χ0) is 12.8. The minimum atomic E-state index is -2.88. The molecule has 0 aliphatic rings. The SMILES string of the molecule is CCN(CCS(=O)(=O)CC)C(C)(CC)CN. The fourth-order valence-corrected chi connectivity index (χ4v) is 2.49. The molecule has 16 heavy (non-hydrogen) atoms. The van der Waals surface area contributed by atoms with E-state index in [4.69, 9.17) is 5.73 Å². The van der Waals surface area contributed by atoms with Crippen LogP contribution < -0.4 is 5.73 Å². The lowest BCUT2D eigenvalue weighted by Crippen LogP contribution is -2.52. The van der Waals surface area contributed by atoms with Crippen LogP contribution in [0.25, 0.3) is 0 Å². The van der Waals surface area contributed by atoms with Crippen molar-refractivity contribution in [2.24, 2.45) is 5.73 Å². The van der Waals surface area contributed by atoms with Crippen molar-refractivity contribution in [1.29, 1.82) is 0 Å². The Morgan fingerprint density at radius 1 is 1.25 bits per heavy atom. The first-order chi connectivity index (χ1) is 7.35. The van der Waals surface area contributed by atoms with E-state index in [1.807, 2.05) is 6.92 Å². The van der Waals surface area contributed by atoms with Crippen molar-refractivity contribution in [1.82, 2.24) is 4.90 Å². The molecule has 0 bridgehead atoms. The highest BCUT2D eigenvalue weighted by Crippen LogP contribution is 2.17. The van der Waals surface area contributed by atoms with Crippen LogP contribution in [-0.2, 0) is 9.84 Å². The van der Waals surface area contributed by atoms with Crippen molar-refractivity contribution >= 4 is 9.84 Å². The van der Waals surface area contributed by atoms with Gasteiger partial charge in [0.05, 0.1) is 5.75 Å². The van der Waals surface area contributed by atoms with E-state index in [1.165, 1.54) is 0 Å². The summed E-state index contributed by atoms with van der Waals surface area (Å²) in [5.41, 5.74) is 5.69. The van der Waals surface area contributed by atoms with Crippen molar-refractivity contribution in [2.45, 2.75) is 39.7 Å². The number of rotatable bonds is 8. The highest BCUT2D eigenvalue weighted by Gasteiger charge is 2.28. The number of hydrogen-bond donors (Lipinski definition) is 1. The van der Waals surface area contributed by atoms with Gasteiger partial charge in [-0.2, -0.15) is 0 Å². The van der Waals surface area contributed by atoms with E-state index in [9.17, 15) is 8.42 Å². The smallest absolute Gasteiger partial charge is 0.151 e. The van der Waals surface area contributed by atoms with Gasteiger partial charge in [-0.05, 0) is 19.9 Å². The van der Waals surface area contributed by atoms with E-state index < -0.39 is 9.84 Å². The summed E-state index contributed by atoms with van der Waals surface area (Å²) in [6.07, 6.45) is 0.934. The Labute approximate surface area is 100 Å². The lowest BCUT2D eigenvalue weighted by Gasteiger charge is -2.39. The fraction of sp³-hybridized carbons (Fsp3) is 1.00. The van der Waals surface area contributed by atoms with E-state index in [2.05, 4.69) is 18.7 Å². The van der Waals surface area contributed by atoms with Crippen molar-refractivity contribution in [3.63, 3.8) is 0 Å². The number of likely N-dealkylation sites (N-methyl/N-ethyl adjacent to an activating group) is 1. The summed E-state index contributed by atoms with van der Waals surface area (Å²) < 4.78 is 22.9. The minimum absolute atomic E-state index is 0.0853. The molecule has 0 fully saturated rings. The van der Waals surface area contributed by atoms with Crippen LogP contribution in [0.3, 0.4) is 0 Å². The summed E-state index contributed by atoms with van der Waals surface area (Å²) in [6.45, 7) is 9.88. The molecule has 0 spiro atoms. The molecular weight excluding hydrogens is 224 g/mol. The van der Waals surface area contributed by atoms with Crippen molar-refractivity contribution in [3.8, 4) is 0 Å². The Balaban J connectivity index is 4.53. The first-order valence-corrected chi connectivity index (χ1v) is 7.82. The molecule has 4 nitrogen and oxygen atoms in total. The van der Waals surface area contributed by atoms with Gasteiger partial charge in [-0.15, -0.1) is 0 Å². The minimum Gasteiger partial charge on any atom is -0.329 e. The van der Waals surface area contributed by atoms with Gasteiger partial charge >= 0.3 is 0 Å². The van der Waals surface area contributed by atoms with Gasteiger partial charge in [0.15, 0.2) is 9.84 Å². The Bertz CT molecular complexity index is 284. The molecule has 0 radical (unpaired) electrons. The number of nitrogens with zero attached hydrogens (tertiary/aromatic N) is 1. The van der Waals surface area contributed by atoms with E-state index in [0.29, 0.717) is 13.1 Å². The maximum absolute atomic E-state index is 11.5. The zero-order valence-corrected chi connectivity index (χ0v) is 11.8. The van der Waals surface area contributed by atoms with Gasteiger partial charge in [0.1, 0.15) is 0 Å². The van der Waals surface area contributed by atoms with Crippen molar-refractivity contribution < 1.29 is 8.42 Å². The van der Waals surface area contributed by atoms with Gasteiger partial charge in [-0.1, -0.05) is 20.8 Å². The largest absolute Gasteiger partial charge is 0.329 e. The topological polar surface area (TPSA) is 63.4 Å². The average Bonchev–Trinajstić information content (AvgIpc) is 2.29. The van der Waals surface area contributed by atoms with Crippen LogP contribution in [0.5, 0.6) is 0 Å². The van der Waals surface area contributed by atoms with Crippen LogP contribution in [0, 0.1) is 0 Å². The predicted molar refractivity (Wildman–Crippen MR) is 69.3 cm³/mol. The van der Waals surface area contributed by atoms with Crippen LogP contribution in [0.1, 0.15) is 34.1 Å². The summed E-state index contributed by atoms with van der Waals surface area (Å²) in [6, 6.07) is 0. The second-order valence-electron chi connectivity index (χ2n) is 4.37. The molecule has 0 aromatic heterocycles. The monoisotopic (exact) mass is 250 g/mol. The van der Waals surface area contributed by atoms with Gasteiger partial charge < -0.3 is 5.73 Å². The Hall–Kier alpha value is -0.130. The van der Waals surface area contributed by atoms with Gasteiger partial charge in [-0.3, -0.25) is 4.90 Å². The quantitative estimate of drug-likeness (QED) is 0.694. The summed E-state index contributed by atoms with van der Waals surface area (Å²) >= 11 is 0. The second-order valence-corrected chi connectivity index (χ2v) is 6.84. The van der Waals surface area contributed by atoms with E-state index in [1.54, 1.807) is 6.92 Å². The third-order valence-electron chi connectivity index (χ3n) is 3.46. The number of sulfone groups is 1. The molecule has 0 aromatic carbocycles. The third-order valence-corrected chi connectivity index (χ3v) is 5.14. The van der Waals surface area contributed by atoms with E-state index in [0.717, 1.165) is 13.0 Å². The van der Waals surface area contributed by atoms with Crippen LogP contribution in [0.15, 0.2) is 0 Å². The molecule has 0 aliphatic heterocycles. The molecule has 98 valence electrons. The van der Waals surface area contributed by atoms with Crippen LogP contribution >= 0.6 is 0 Å². The molecule has 1 unspecified atom stereocenters. The first kappa shape index (κ1) is 15.9. The highest BCUT2D eigenvalue weighted by molar-refractivity contribution is 7.91.